The molecular weight excluding hydrogens is 426 g/mol. The molecule has 0 spiro atoms. The average molecular weight is 448 g/mol. The van der Waals surface area contributed by atoms with E-state index in [9.17, 15) is 4.79 Å². The van der Waals surface area contributed by atoms with E-state index in [1.54, 1.807) is 23.7 Å². The maximum absolute atomic E-state index is 12.3. The first-order valence-corrected chi connectivity index (χ1v) is 11.5. The van der Waals surface area contributed by atoms with Gasteiger partial charge >= 0.3 is 0 Å². The van der Waals surface area contributed by atoms with Gasteiger partial charge in [0.15, 0.2) is 0 Å². The minimum atomic E-state index is -0.0657. The number of hydrogen-bond donors (Lipinski definition) is 1. The second kappa shape index (κ2) is 9.36. The Morgan fingerprint density at radius 2 is 1.94 bits per heavy atom. The van der Waals surface area contributed by atoms with Crippen LogP contribution in [0.3, 0.4) is 0 Å². The second-order valence-electron chi connectivity index (χ2n) is 7.02. The molecule has 156 valence electrons. The van der Waals surface area contributed by atoms with Gasteiger partial charge in [-0.25, -0.2) is 4.98 Å². The highest BCUT2D eigenvalue weighted by molar-refractivity contribution is 7.99. The summed E-state index contributed by atoms with van der Waals surface area (Å²) in [6.07, 6.45) is 3.55. The van der Waals surface area contributed by atoms with Crippen LogP contribution in [0.5, 0.6) is 0 Å². The normalized spacial score (nSPS) is 10.8. The van der Waals surface area contributed by atoms with E-state index in [-0.39, 0.29) is 11.7 Å². The van der Waals surface area contributed by atoms with Gasteiger partial charge in [-0.3, -0.25) is 9.78 Å². The molecule has 0 saturated carbocycles. The quantitative estimate of drug-likeness (QED) is 0.403. The van der Waals surface area contributed by atoms with Crippen LogP contribution < -0.4 is 5.32 Å². The second-order valence-corrected chi connectivity index (χ2v) is 9.01. The van der Waals surface area contributed by atoms with Crippen molar-refractivity contribution in [3.05, 3.63) is 71.7 Å². The highest BCUT2D eigenvalue weighted by Crippen LogP contribution is 2.34. The summed E-state index contributed by atoms with van der Waals surface area (Å²) in [6, 6.07) is 13.6. The predicted octanol–water partition coefficient (Wildman–Crippen LogP) is 5.32. The molecule has 0 aliphatic heterocycles. The molecule has 0 bridgehead atoms. The first-order chi connectivity index (χ1) is 15.0. The third-order valence-corrected chi connectivity index (χ3v) is 6.96. The fourth-order valence-electron chi connectivity index (χ4n) is 2.98. The minimum absolute atomic E-state index is 0.0657. The van der Waals surface area contributed by atoms with Gasteiger partial charge in [0.2, 0.25) is 5.91 Å². The number of benzene rings is 1. The maximum Gasteiger partial charge on any atom is 0.234 e. The molecule has 0 radical (unpaired) electrons. The van der Waals surface area contributed by atoms with Gasteiger partial charge < -0.3 is 5.32 Å². The third-order valence-electron chi connectivity index (χ3n) is 4.81. The predicted molar refractivity (Wildman–Crippen MR) is 126 cm³/mol. The molecule has 1 N–H and O–H groups in total. The summed E-state index contributed by atoms with van der Waals surface area (Å²) in [5, 5.41) is 13.2. The molecule has 4 aromatic rings. The molecule has 6 nitrogen and oxygen atoms in total. The Kier molecular flexibility index (Phi) is 6.39. The van der Waals surface area contributed by atoms with Crippen molar-refractivity contribution in [2.24, 2.45) is 0 Å². The van der Waals surface area contributed by atoms with Gasteiger partial charge in [-0.1, -0.05) is 23.9 Å². The molecule has 8 heteroatoms. The molecule has 0 aliphatic rings. The van der Waals surface area contributed by atoms with Gasteiger partial charge in [-0.15, -0.1) is 21.5 Å². The Morgan fingerprint density at radius 3 is 2.68 bits per heavy atom. The first kappa shape index (κ1) is 21.1. The van der Waals surface area contributed by atoms with Crippen LogP contribution in [-0.4, -0.2) is 31.8 Å². The molecule has 3 heterocycles. The molecule has 0 atom stereocenters. The van der Waals surface area contributed by atoms with Crippen molar-refractivity contribution in [1.82, 2.24) is 20.2 Å². The molecule has 0 unspecified atom stereocenters. The number of thioether (sulfide) groups is 1. The molecule has 0 fully saturated rings. The van der Waals surface area contributed by atoms with E-state index in [1.165, 1.54) is 11.8 Å². The smallest absolute Gasteiger partial charge is 0.234 e. The van der Waals surface area contributed by atoms with Crippen molar-refractivity contribution < 1.29 is 4.79 Å². The summed E-state index contributed by atoms with van der Waals surface area (Å²) in [6.45, 7) is 6.00. The number of rotatable bonds is 6. The Labute approximate surface area is 189 Å². The fourth-order valence-corrected chi connectivity index (χ4v) is 4.61. The molecule has 31 heavy (non-hydrogen) atoms. The van der Waals surface area contributed by atoms with E-state index in [2.05, 4.69) is 25.5 Å². The van der Waals surface area contributed by atoms with E-state index < -0.39 is 0 Å². The number of thiazole rings is 1. The standard InChI is InChI=1S/C23H21N5OS2/c1-14-6-4-8-18(15(14)2)26-20(29)13-30-21-10-9-19(27-28-21)22-16(3)25-23(31-22)17-7-5-11-24-12-17/h4-12H,13H2,1-3H3,(H,26,29). The summed E-state index contributed by atoms with van der Waals surface area (Å²) in [5.74, 6) is 0.204. The van der Waals surface area contributed by atoms with E-state index in [4.69, 9.17) is 0 Å². The molecule has 3 aromatic heterocycles. The zero-order chi connectivity index (χ0) is 21.8. The molecule has 1 amide bonds. The van der Waals surface area contributed by atoms with Crippen molar-refractivity contribution in [1.29, 1.82) is 0 Å². The van der Waals surface area contributed by atoms with Crippen LogP contribution >= 0.6 is 23.1 Å². The van der Waals surface area contributed by atoms with Gasteiger partial charge in [0.05, 0.1) is 16.3 Å². The van der Waals surface area contributed by atoms with E-state index in [0.29, 0.717) is 5.03 Å². The van der Waals surface area contributed by atoms with Gasteiger partial charge in [0, 0.05) is 23.6 Å². The topological polar surface area (TPSA) is 80.7 Å². The lowest BCUT2D eigenvalue weighted by Gasteiger charge is -2.10. The van der Waals surface area contributed by atoms with Crippen LogP contribution in [0.4, 0.5) is 5.69 Å². The van der Waals surface area contributed by atoms with Gasteiger partial charge in [-0.2, -0.15) is 0 Å². The molecule has 0 saturated heterocycles. The zero-order valence-electron chi connectivity index (χ0n) is 17.4. The lowest BCUT2D eigenvalue weighted by molar-refractivity contribution is -0.113. The molecule has 1 aromatic carbocycles. The van der Waals surface area contributed by atoms with Crippen LogP contribution in [0.15, 0.2) is 59.9 Å². The summed E-state index contributed by atoms with van der Waals surface area (Å²) >= 11 is 2.93. The number of hydrogen-bond acceptors (Lipinski definition) is 7. The number of nitrogens with zero attached hydrogens (tertiary/aromatic N) is 4. The van der Waals surface area contributed by atoms with Crippen LogP contribution in [0.1, 0.15) is 16.8 Å². The first-order valence-electron chi connectivity index (χ1n) is 9.72. The largest absolute Gasteiger partial charge is 0.325 e. The summed E-state index contributed by atoms with van der Waals surface area (Å²) < 4.78 is 0. The number of aryl methyl sites for hydroxylation is 2. The number of carbonyl (C=O) groups is 1. The van der Waals surface area contributed by atoms with E-state index in [0.717, 1.165) is 43.7 Å². The van der Waals surface area contributed by atoms with Crippen molar-refractivity contribution in [3.63, 3.8) is 0 Å². The Morgan fingerprint density at radius 1 is 1.06 bits per heavy atom. The monoisotopic (exact) mass is 447 g/mol. The molecule has 4 rings (SSSR count). The number of pyridine rings is 1. The fraction of sp³-hybridized carbons (Fsp3) is 0.174. The minimum Gasteiger partial charge on any atom is -0.325 e. The van der Waals surface area contributed by atoms with Gasteiger partial charge in [0.25, 0.3) is 0 Å². The summed E-state index contributed by atoms with van der Waals surface area (Å²) in [4.78, 5) is 22.1. The number of nitrogens with one attached hydrogen (secondary N) is 1. The lowest BCUT2D eigenvalue weighted by atomic mass is 10.1. The van der Waals surface area contributed by atoms with Crippen molar-refractivity contribution in [3.8, 4) is 21.1 Å². The number of anilines is 1. The van der Waals surface area contributed by atoms with Crippen molar-refractivity contribution in [2.75, 3.05) is 11.1 Å². The zero-order valence-corrected chi connectivity index (χ0v) is 19.0. The van der Waals surface area contributed by atoms with E-state index >= 15 is 0 Å². The Hall–Kier alpha value is -3.10. The van der Waals surface area contributed by atoms with Crippen LogP contribution in [0.2, 0.25) is 0 Å². The van der Waals surface area contributed by atoms with Crippen LogP contribution in [-0.2, 0) is 4.79 Å². The van der Waals surface area contributed by atoms with E-state index in [1.807, 2.05) is 63.2 Å². The number of carbonyl (C=O) groups excluding carboxylic acids is 1. The maximum atomic E-state index is 12.3. The summed E-state index contributed by atoms with van der Waals surface area (Å²) in [5.41, 5.74) is 5.74. The van der Waals surface area contributed by atoms with Crippen LogP contribution in [0.25, 0.3) is 21.1 Å². The van der Waals surface area contributed by atoms with Crippen molar-refractivity contribution >= 4 is 34.7 Å². The SMILES string of the molecule is Cc1cccc(NC(=O)CSc2ccc(-c3sc(-c4cccnc4)nc3C)nn2)c1C. The lowest BCUT2D eigenvalue weighted by Crippen LogP contribution is -2.15. The van der Waals surface area contributed by atoms with Gasteiger partial charge in [-0.05, 0) is 62.2 Å². The highest BCUT2D eigenvalue weighted by atomic mass is 32.2. The molecule has 0 aliphatic carbocycles. The Bertz CT molecular complexity index is 1210. The van der Waals surface area contributed by atoms with Crippen molar-refractivity contribution in [2.45, 2.75) is 25.8 Å². The number of aromatic nitrogens is 4. The molecular formula is C23H21N5OS2. The van der Waals surface area contributed by atoms with Crippen LogP contribution in [0, 0.1) is 20.8 Å². The number of amides is 1. The summed E-state index contributed by atoms with van der Waals surface area (Å²) in [7, 11) is 0. The highest BCUT2D eigenvalue weighted by Gasteiger charge is 2.14. The average Bonchev–Trinajstić information content (AvgIpc) is 3.18. The third kappa shape index (κ3) is 4.98. The van der Waals surface area contributed by atoms with Gasteiger partial charge in [0.1, 0.15) is 15.7 Å². The Balaban J connectivity index is 1.40.